The molecule has 0 spiro atoms. The standard InChI is InChI=1S/C10H10ClNOS/c1-6-9(13)12-10(14-6)7-4-2-3-5-8(7)11/h2-6,10H,1H3,(H,12,13)/t6-,10-/m1/s1. The van der Waals surface area contributed by atoms with Crippen LogP contribution in [0.1, 0.15) is 17.9 Å². The highest BCUT2D eigenvalue weighted by molar-refractivity contribution is 8.01. The zero-order valence-electron chi connectivity index (χ0n) is 7.66. The molecule has 1 aliphatic rings. The van der Waals surface area contributed by atoms with E-state index < -0.39 is 0 Å². The second-order valence-corrected chi connectivity index (χ2v) is 5.05. The zero-order chi connectivity index (χ0) is 10.1. The van der Waals surface area contributed by atoms with E-state index in [0.29, 0.717) is 5.02 Å². The van der Waals surface area contributed by atoms with E-state index in [0.717, 1.165) is 5.56 Å². The van der Waals surface area contributed by atoms with Crippen molar-refractivity contribution in [1.82, 2.24) is 5.32 Å². The summed E-state index contributed by atoms with van der Waals surface area (Å²) in [5.41, 5.74) is 0.983. The number of rotatable bonds is 1. The number of amides is 1. The Labute approximate surface area is 92.0 Å². The average molecular weight is 228 g/mol. The first-order chi connectivity index (χ1) is 6.68. The first-order valence-corrected chi connectivity index (χ1v) is 5.71. The Bertz CT molecular complexity index is 369. The Morgan fingerprint density at radius 3 is 2.71 bits per heavy atom. The summed E-state index contributed by atoms with van der Waals surface area (Å²) in [7, 11) is 0. The van der Waals surface area contributed by atoms with E-state index in [2.05, 4.69) is 5.32 Å². The summed E-state index contributed by atoms with van der Waals surface area (Å²) in [5.74, 6) is 0.0833. The number of hydrogen-bond acceptors (Lipinski definition) is 2. The van der Waals surface area contributed by atoms with Crippen molar-refractivity contribution in [3.63, 3.8) is 0 Å². The van der Waals surface area contributed by atoms with Gasteiger partial charge in [0.15, 0.2) is 0 Å². The van der Waals surface area contributed by atoms with Gasteiger partial charge in [0.2, 0.25) is 5.91 Å². The van der Waals surface area contributed by atoms with Crippen molar-refractivity contribution < 1.29 is 4.79 Å². The third kappa shape index (κ3) is 1.74. The van der Waals surface area contributed by atoms with Crippen LogP contribution in [0.4, 0.5) is 0 Å². The van der Waals surface area contributed by atoms with Crippen LogP contribution in [0.15, 0.2) is 24.3 Å². The summed E-state index contributed by atoms with van der Waals surface area (Å²) in [4.78, 5) is 11.3. The lowest BCUT2D eigenvalue weighted by molar-refractivity contribution is -0.119. The lowest BCUT2D eigenvalue weighted by Crippen LogP contribution is -2.22. The van der Waals surface area contributed by atoms with E-state index in [1.807, 2.05) is 31.2 Å². The van der Waals surface area contributed by atoms with Crippen LogP contribution in [-0.4, -0.2) is 11.2 Å². The zero-order valence-corrected chi connectivity index (χ0v) is 9.23. The molecule has 1 aliphatic heterocycles. The van der Waals surface area contributed by atoms with Gasteiger partial charge in [-0.05, 0) is 13.0 Å². The van der Waals surface area contributed by atoms with Gasteiger partial charge >= 0.3 is 0 Å². The number of carbonyl (C=O) groups excluding carboxylic acids is 1. The third-order valence-corrected chi connectivity index (χ3v) is 3.78. The maximum absolute atomic E-state index is 11.3. The lowest BCUT2D eigenvalue weighted by atomic mass is 10.2. The van der Waals surface area contributed by atoms with Crippen molar-refractivity contribution in [2.24, 2.45) is 0 Å². The molecule has 1 aromatic rings. The van der Waals surface area contributed by atoms with Crippen molar-refractivity contribution in [2.45, 2.75) is 17.5 Å². The predicted molar refractivity (Wildman–Crippen MR) is 59.4 cm³/mol. The van der Waals surface area contributed by atoms with Crippen molar-refractivity contribution >= 4 is 29.3 Å². The van der Waals surface area contributed by atoms with E-state index in [-0.39, 0.29) is 16.5 Å². The molecule has 1 amide bonds. The van der Waals surface area contributed by atoms with Crippen LogP contribution in [0, 0.1) is 0 Å². The fraction of sp³-hybridized carbons (Fsp3) is 0.300. The Balaban J connectivity index is 2.25. The Morgan fingerprint density at radius 1 is 1.43 bits per heavy atom. The molecule has 4 heteroatoms. The fourth-order valence-electron chi connectivity index (χ4n) is 1.39. The van der Waals surface area contributed by atoms with Gasteiger partial charge in [0.05, 0.1) is 5.25 Å². The predicted octanol–water partition coefficient (Wildman–Crippen LogP) is 2.59. The van der Waals surface area contributed by atoms with Crippen molar-refractivity contribution in [3.8, 4) is 0 Å². The third-order valence-electron chi connectivity index (χ3n) is 2.17. The number of benzene rings is 1. The van der Waals surface area contributed by atoms with Crippen LogP contribution in [0.2, 0.25) is 5.02 Å². The van der Waals surface area contributed by atoms with Gasteiger partial charge in [0.1, 0.15) is 5.37 Å². The van der Waals surface area contributed by atoms with Gasteiger partial charge < -0.3 is 5.32 Å². The number of hydrogen-bond donors (Lipinski definition) is 1. The van der Waals surface area contributed by atoms with Gasteiger partial charge in [0.25, 0.3) is 0 Å². The van der Waals surface area contributed by atoms with Crippen molar-refractivity contribution in [3.05, 3.63) is 34.9 Å². The second-order valence-electron chi connectivity index (χ2n) is 3.19. The highest BCUT2D eigenvalue weighted by Gasteiger charge is 2.30. The molecule has 2 rings (SSSR count). The summed E-state index contributed by atoms with van der Waals surface area (Å²) in [6.07, 6.45) is 0. The van der Waals surface area contributed by atoms with Crippen LogP contribution < -0.4 is 5.32 Å². The van der Waals surface area contributed by atoms with Gasteiger partial charge in [-0.25, -0.2) is 0 Å². The second kappa shape index (κ2) is 3.83. The van der Waals surface area contributed by atoms with E-state index in [4.69, 9.17) is 11.6 Å². The average Bonchev–Trinajstić information content (AvgIpc) is 2.48. The lowest BCUT2D eigenvalue weighted by Gasteiger charge is -2.10. The topological polar surface area (TPSA) is 29.1 Å². The molecule has 1 N–H and O–H groups in total. The van der Waals surface area contributed by atoms with Crippen molar-refractivity contribution in [1.29, 1.82) is 0 Å². The molecule has 2 nitrogen and oxygen atoms in total. The van der Waals surface area contributed by atoms with Gasteiger partial charge in [0, 0.05) is 10.6 Å². The van der Waals surface area contributed by atoms with E-state index >= 15 is 0 Å². The maximum atomic E-state index is 11.3. The largest absolute Gasteiger partial charge is 0.339 e. The van der Waals surface area contributed by atoms with Crippen LogP contribution >= 0.6 is 23.4 Å². The van der Waals surface area contributed by atoms with E-state index in [1.54, 1.807) is 11.8 Å². The molecule has 0 radical (unpaired) electrons. The first kappa shape index (κ1) is 9.87. The Hall–Kier alpha value is -0.670. The molecular formula is C10H10ClNOS. The molecule has 1 fully saturated rings. The molecule has 1 saturated heterocycles. The smallest absolute Gasteiger partial charge is 0.234 e. The van der Waals surface area contributed by atoms with E-state index in [9.17, 15) is 4.79 Å². The minimum Gasteiger partial charge on any atom is -0.339 e. The SMILES string of the molecule is C[C@H]1S[C@H](c2ccccc2Cl)NC1=O. The maximum Gasteiger partial charge on any atom is 0.234 e. The normalized spacial score (nSPS) is 26.3. The molecule has 1 aromatic carbocycles. The molecule has 2 atom stereocenters. The highest BCUT2D eigenvalue weighted by atomic mass is 35.5. The molecule has 0 saturated carbocycles. The summed E-state index contributed by atoms with van der Waals surface area (Å²) < 4.78 is 0. The molecule has 14 heavy (non-hydrogen) atoms. The van der Waals surface area contributed by atoms with Crippen LogP contribution in [-0.2, 0) is 4.79 Å². The first-order valence-electron chi connectivity index (χ1n) is 4.39. The Kier molecular flexibility index (Phi) is 2.70. The number of halogens is 1. The van der Waals surface area contributed by atoms with Crippen LogP contribution in [0.5, 0.6) is 0 Å². The minimum absolute atomic E-state index is 0.00574. The summed E-state index contributed by atoms with van der Waals surface area (Å²) in [6.45, 7) is 1.90. The molecule has 1 heterocycles. The summed E-state index contributed by atoms with van der Waals surface area (Å²) in [5, 5.41) is 3.62. The monoisotopic (exact) mass is 227 g/mol. The van der Waals surface area contributed by atoms with E-state index in [1.165, 1.54) is 0 Å². The van der Waals surface area contributed by atoms with Gasteiger partial charge in [-0.3, -0.25) is 4.79 Å². The summed E-state index contributed by atoms with van der Waals surface area (Å²) >= 11 is 7.63. The molecule has 0 aliphatic carbocycles. The quantitative estimate of drug-likeness (QED) is 0.799. The highest BCUT2D eigenvalue weighted by Crippen LogP contribution is 2.38. The number of nitrogens with one attached hydrogen (secondary N) is 1. The van der Waals surface area contributed by atoms with Crippen LogP contribution in [0.25, 0.3) is 0 Å². The molecule has 0 unspecified atom stereocenters. The van der Waals surface area contributed by atoms with Crippen LogP contribution in [0.3, 0.4) is 0 Å². The molecule has 0 bridgehead atoms. The molecular weight excluding hydrogens is 218 g/mol. The minimum atomic E-state index is 0.00574. The van der Waals surface area contributed by atoms with Gasteiger partial charge in [-0.2, -0.15) is 0 Å². The fourth-order valence-corrected chi connectivity index (χ4v) is 2.83. The number of carbonyl (C=O) groups is 1. The molecule has 0 aromatic heterocycles. The van der Waals surface area contributed by atoms with Gasteiger partial charge in [-0.1, -0.05) is 29.8 Å². The van der Waals surface area contributed by atoms with Crippen molar-refractivity contribution in [2.75, 3.05) is 0 Å². The summed E-state index contributed by atoms with van der Waals surface area (Å²) in [6, 6.07) is 7.60. The molecule has 74 valence electrons. The Morgan fingerprint density at radius 2 is 2.14 bits per heavy atom. The van der Waals surface area contributed by atoms with Gasteiger partial charge in [-0.15, -0.1) is 11.8 Å². The number of thioether (sulfide) groups is 1.